The van der Waals surface area contributed by atoms with Gasteiger partial charge in [0.05, 0.1) is 18.2 Å². The molecule has 25 heavy (non-hydrogen) atoms. The minimum absolute atomic E-state index is 0.0690. The van der Waals surface area contributed by atoms with E-state index in [9.17, 15) is 5.11 Å². The highest BCUT2D eigenvalue weighted by Gasteiger charge is 2.22. The molecule has 0 spiro atoms. The number of rotatable bonds is 6. The van der Waals surface area contributed by atoms with Gasteiger partial charge in [0.15, 0.2) is 0 Å². The van der Waals surface area contributed by atoms with Crippen LogP contribution in [0.15, 0.2) is 36.4 Å². The number of fused-ring (bicyclic) bond motifs is 1. The predicted molar refractivity (Wildman–Crippen MR) is 104 cm³/mol. The summed E-state index contributed by atoms with van der Waals surface area (Å²) in [5.41, 5.74) is 6.38. The maximum atomic E-state index is 9.45. The highest BCUT2D eigenvalue weighted by atomic mass is 16.5. The van der Waals surface area contributed by atoms with Crippen LogP contribution in [0, 0.1) is 5.92 Å². The molecular formula is C22H31NO2. The smallest absolute Gasteiger partial charge is 0.120 e. The molecule has 0 aromatic heterocycles. The monoisotopic (exact) mass is 341 g/mol. The number of aliphatic hydroxyl groups excluding tert-OH is 1. The lowest BCUT2D eigenvalue weighted by atomic mass is 9.85. The van der Waals surface area contributed by atoms with Crippen LogP contribution in [0.5, 0.6) is 5.75 Å². The van der Waals surface area contributed by atoms with Crippen LogP contribution in [0.25, 0.3) is 10.8 Å². The summed E-state index contributed by atoms with van der Waals surface area (Å²) in [7, 11) is 0. The van der Waals surface area contributed by atoms with Crippen molar-refractivity contribution in [2.45, 2.75) is 64.0 Å². The van der Waals surface area contributed by atoms with Crippen LogP contribution in [-0.2, 0) is 5.54 Å². The van der Waals surface area contributed by atoms with Gasteiger partial charge in [-0.1, -0.05) is 38.0 Å². The third kappa shape index (κ3) is 4.34. The van der Waals surface area contributed by atoms with E-state index in [-0.39, 0.29) is 6.61 Å². The summed E-state index contributed by atoms with van der Waals surface area (Å²) in [5.74, 6) is 1.86. The largest absolute Gasteiger partial charge is 0.490 e. The van der Waals surface area contributed by atoms with E-state index in [4.69, 9.17) is 10.5 Å². The zero-order valence-electron chi connectivity index (χ0n) is 15.5. The molecule has 0 amide bonds. The van der Waals surface area contributed by atoms with Crippen LogP contribution in [0.4, 0.5) is 0 Å². The first-order valence-corrected chi connectivity index (χ1v) is 9.62. The van der Waals surface area contributed by atoms with E-state index >= 15 is 0 Å². The molecule has 1 aliphatic carbocycles. The summed E-state index contributed by atoms with van der Waals surface area (Å²) >= 11 is 0. The van der Waals surface area contributed by atoms with Crippen molar-refractivity contribution in [3.8, 4) is 5.75 Å². The van der Waals surface area contributed by atoms with Crippen molar-refractivity contribution >= 4 is 10.8 Å². The first-order valence-electron chi connectivity index (χ1n) is 9.62. The van der Waals surface area contributed by atoms with Crippen molar-refractivity contribution in [2.24, 2.45) is 11.7 Å². The Balaban J connectivity index is 1.69. The summed E-state index contributed by atoms with van der Waals surface area (Å²) < 4.78 is 6.24. The third-order valence-corrected chi connectivity index (χ3v) is 5.59. The molecule has 0 radical (unpaired) electrons. The average molecular weight is 341 g/mol. The van der Waals surface area contributed by atoms with Crippen LogP contribution >= 0.6 is 0 Å². The van der Waals surface area contributed by atoms with Gasteiger partial charge in [-0.05, 0) is 73.1 Å². The van der Waals surface area contributed by atoms with Gasteiger partial charge >= 0.3 is 0 Å². The van der Waals surface area contributed by atoms with Crippen molar-refractivity contribution in [1.29, 1.82) is 0 Å². The zero-order valence-corrected chi connectivity index (χ0v) is 15.5. The molecule has 3 N–H and O–H groups in total. The quantitative estimate of drug-likeness (QED) is 0.797. The lowest BCUT2D eigenvalue weighted by molar-refractivity contribution is 0.128. The van der Waals surface area contributed by atoms with E-state index < -0.39 is 5.54 Å². The molecule has 3 heteroatoms. The van der Waals surface area contributed by atoms with Crippen molar-refractivity contribution < 1.29 is 9.84 Å². The van der Waals surface area contributed by atoms with Crippen LogP contribution in [-0.4, -0.2) is 17.8 Å². The molecule has 1 aliphatic rings. The van der Waals surface area contributed by atoms with Gasteiger partial charge in [0.25, 0.3) is 0 Å². The molecule has 0 bridgehead atoms. The third-order valence-electron chi connectivity index (χ3n) is 5.59. The molecule has 0 aliphatic heterocycles. The SMILES string of the molecule is CCCC1CCC(Oc2ccc3cc(C(C)(N)CO)ccc3c2)CC1. The number of hydrogen-bond donors (Lipinski definition) is 2. The fourth-order valence-electron chi connectivity index (χ4n) is 3.88. The molecule has 1 fully saturated rings. The van der Waals surface area contributed by atoms with E-state index in [1.807, 2.05) is 13.0 Å². The highest BCUT2D eigenvalue weighted by Crippen LogP contribution is 2.32. The number of benzene rings is 2. The molecule has 0 heterocycles. The van der Waals surface area contributed by atoms with Gasteiger partial charge in [0.2, 0.25) is 0 Å². The predicted octanol–water partition coefficient (Wildman–Crippen LogP) is 4.74. The van der Waals surface area contributed by atoms with Crippen LogP contribution in [0.1, 0.15) is 57.9 Å². The summed E-state index contributed by atoms with van der Waals surface area (Å²) in [6, 6.07) is 12.4. The topological polar surface area (TPSA) is 55.5 Å². The molecule has 0 saturated heterocycles. The van der Waals surface area contributed by atoms with Gasteiger partial charge < -0.3 is 15.6 Å². The molecule has 136 valence electrons. The first kappa shape index (κ1) is 18.2. The van der Waals surface area contributed by atoms with Crippen molar-refractivity contribution in [2.75, 3.05) is 6.61 Å². The number of nitrogens with two attached hydrogens (primary N) is 1. The van der Waals surface area contributed by atoms with E-state index in [2.05, 4.69) is 37.3 Å². The minimum atomic E-state index is -0.708. The molecule has 3 rings (SSSR count). The Bertz CT molecular complexity index is 702. The van der Waals surface area contributed by atoms with Gasteiger partial charge in [-0.2, -0.15) is 0 Å². The maximum Gasteiger partial charge on any atom is 0.120 e. The number of aliphatic hydroxyl groups is 1. The van der Waals surface area contributed by atoms with Crippen molar-refractivity contribution in [3.05, 3.63) is 42.0 Å². The summed E-state index contributed by atoms with van der Waals surface area (Å²) in [6.07, 6.45) is 7.94. The van der Waals surface area contributed by atoms with E-state index in [1.54, 1.807) is 0 Å². The second-order valence-electron chi connectivity index (χ2n) is 7.85. The Hall–Kier alpha value is -1.58. The maximum absolute atomic E-state index is 9.45. The number of ether oxygens (including phenoxy) is 1. The second-order valence-corrected chi connectivity index (χ2v) is 7.85. The van der Waals surface area contributed by atoms with E-state index in [1.165, 1.54) is 38.5 Å². The van der Waals surface area contributed by atoms with E-state index in [0.717, 1.165) is 28.0 Å². The van der Waals surface area contributed by atoms with Gasteiger partial charge in [0, 0.05) is 0 Å². The lowest BCUT2D eigenvalue weighted by Gasteiger charge is -2.29. The summed E-state index contributed by atoms with van der Waals surface area (Å²) in [6.45, 7) is 4.05. The summed E-state index contributed by atoms with van der Waals surface area (Å²) in [5, 5.41) is 11.7. The Morgan fingerprint density at radius 3 is 2.44 bits per heavy atom. The van der Waals surface area contributed by atoms with Crippen LogP contribution < -0.4 is 10.5 Å². The zero-order chi connectivity index (χ0) is 17.9. The average Bonchev–Trinajstić information content (AvgIpc) is 2.63. The molecule has 2 aromatic rings. The molecule has 2 aromatic carbocycles. The fraction of sp³-hybridized carbons (Fsp3) is 0.545. The first-order chi connectivity index (χ1) is 12.0. The summed E-state index contributed by atoms with van der Waals surface area (Å²) in [4.78, 5) is 0. The Labute approximate surface area is 151 Å². The van der Waals surface area contributed by atoms with Gasteiger partial charge in [-0.15, -0.1) is 0 Å². The Morgan fingerprint density at radius 2 is 1.76 bits per heavy atom. The molecule has 1 atom stereocenters. The molecule has 1 saturated carbocycles. The minimum Gasteiger partial charge on any atom is -0.490 e. The van der Waals surface area contributed by atoms with Gasteiger partial charge in [-0.3, -0.25) is 0 Å². The van der Waals surface area contributed by atoms with Gasteiger partial charge in [0.1, 0.15) is 5.75 Å². The molecule has 1 unspecified atom stereocenters. The second kappa shape index (κ2) is 7.76. The Morgan fingerprint density at radius 1 is 1.08 bits per heavy atom. The van der Waals surface area contributed by atoms with Crippen molar-refractivity contribution in [1.82, 2.24) is 0 Å². The molecular weight excluding hydrogens is 310 g/mol. The lowest BCUT2D eigenvalue weighted by Crippen LogP contribution is -2.36. The van der Waals surface area contributed by atoms with Crippen LogP contribution in [0.3, 0.4) is 0 Å². The molecule has 3 nitrogen and oxygen atoms in total. The standard InChI is InChI=1S/C22H31NO2/c1-3-4-16-5-10-20(11-6-16)25-21-12-8-17-13-19(22(2,23)15-24)9-7-18(17)14-21/h7-9,12-14,16,20,24H,3-6,10-11,15,23H2,1-2H3. The fourth-order valence-corrected chi connectivity index (χ4v) is 3.88. The number of hydrogen-bond acceptors (Lipinski definition) is 3. The van der Waals surface area contributed by atoms with E-state index in [0.29, 0.717) is 6.10 Å². The van der Waals surface area contributed by atoms with Crippen molar-refractivity contribution in [3.63, 3.8) is 0 Å². The van der Waals surface area contributed by atoms with Crippen LogP contribution in [0.2, 0.25) is 0 Å². The normalized spacial score (nSPS) is 23.4. The highest BCUT2D eigenvalue weighted by molar-refractivity contribution is 5.84. The Kier molecular flexibility index (Phi) is 5.65. The van der Waals surface area contributed by atoms with Gasteiger partial charge in [-0.25, -0.2) is 0 Å².